The predicted octanol–water partition coefficient (Wildman–Crippen LogP) is 2.63. The monoisotopic (exact) mass is 256 g/mol. The fraction of sp³-hybridized carbons (Fsp3) is 0.294. The molecule has 2 aromatic rings. The number of rotatable bonds is 4. The van der Waals surface area contributed by atoms with Crippen molar-refractivity contribution >= 4 is 0 Å². The molecule has 0 aliphatic heterocycles. The van der Waals surface area contributed by atoms with Crippen LogP contribution >= 0.6 is 0 Å². The van der Waals surface area contributed by atoms with Crippen LogP contribution in [0.2, 0.25) is 0 Å². The van der Waals surface area contributed by atoms with Crippen LogP contribution in [0.1, 0.15) is 11.1 Å². The number of quaternary nitrogens is 1. The van der Waals surface area contributed by atoms with Gasteiger partial charge in [0.1, 0.15) is 6.54 Å². The summed E-state index contributed by atoms with van der Waals surface area (Å²) in [7, 11) is 6.28. The van der Waals surface area contributed by atoms with Crippen LogP contribution in [0.5, 0.6) is 0 Å². The van der Waals surface area contributed by atoms with Crippen LogP contribution in [0.4, 0.5) is 0 Å². The van der Waals surface area contributed by atoms with E-state index in [0.29, 0.717) is 11.0 Å². The second-order valence-electron chi connectivity index (χ2n) is 6.04. The fourth-order valence-corrected chi connectivity index (χ4v) is 2.46. The Hall–Kier alpha value is -1.64. The molecule has 0 saturated carbocycles. The SMILES string of the molecule is C[N+](C)(C)CC(O)(c1ccccc1)c1ccccc1. The number of hydrogen-bond acceptors (Lipinski definition) is 1. The Bertz CT molecular complexity index is 474. The molecule has 2 nitrogen and oxygen atoms in total. The predicted molar refractivity (Wildman–Crippen MR) is 78.8 cm³/mol. The Morgan fingerprint density at radius 2 is 1.16 bits per heavy atom. The summed E-state index contributed by atoms with van der Waals surface area (Å²) >= 11 is 0. The van der Waals surface area contributed by atoms with Crippen LogP contribution in [-0.2, 0) is 5.60 Å². The summed E-state index contributed by atoms with van der Waals surface area (Å²) in [5.41, 5.74) is 0.921. The molecule has 0 bridgehead atoms. The Labute approximate surface area is 115 Å². The van der Waals surface area contributed by atoms with Crippen molar-refractivity contribution in [1.82, 2.24) is 0 Å². The summed E-state index contributed by atoms with van der Waals surface area (Å²) in [5, 5.41) is 11.3. The Balaban J connectivity index is 2.51. The van der Waals surface area contributed by atoms with Gasteiger partial charge in [0.05, 0.1) is 21.1 Å². The first kappa shape index (κ1) is 13.8. The molecule has 0 aliphatic rings. The van der Waals surface area contributed by atoms with Crippen LogP contribution in [-0.4, -0.2) is 37.3 Å². The lowest BCUT2D eigenvalue weighted by Crippen LogP contribution is -2.48. The van der Waals surface area contributed by atoms with Crippen LogP contribution in [0.25, 0.3) is 0 Å². The number of nitrogens with zero attached hydrogens (tertiary/aromatic N) is 1. The van der Waals surface area contributed by atoms with Gasteiger partial charge < -0.3 is 9.59 Å². The Morgan fingerprint density at radius 1 is 0.789 bits per heavy atom. The van der Waals surface area contributed by atoms with E-state index in [-0.39, 0.29) is 0 Å². The molecule has 2 heteroatoms. The third kappa shape index (κ3) is 3.22. The summed E-state index contributed by atoms with van der Waals surface area (Å²) in [5.74, 6) is 0. The van der Waals surface area contributed by atoms with Gasteiger partial charge in [-0.15, -0.1) is 0 Å². The minimum atomic E-state index is -0.958. The van der Waals surface area contributed by atoms with E-state index in [1.54, 1.807) is 0 Å². The number of benzene rings is 2. The van der Waals surface area contributed by atoms with E-state index in [1.165, 1.54) is 0 Å². The van der Waals surface area contributed by atoms with Gasteiger partial charge in [-0.2, -0.15) is 0 Å². The highest BCUT2D eigenvalue weighted by atomic mass is 16.3. The van der Waals surface area contributed by atoms with E-state index < -0.39 is 5.60 Å². The van der Waals surface area contributed by atoms with Gasteiger partial charge in [0.15, 0.2) is 5.60 Å². The zero-order valence-electron chi connectivity index (χ0n) is 11.9. The molecule has 0 saturated heterocycles. The third-order valence-electron chi connectivity index (χ3n) is 3.21. The van der Waals surface area contributed by atoms with Gasteiger partial charge in [0, 0.05) is 0 Å². The molecule has 0 aromatic heterocycles. The molecule has 0 unspecified atom stereocenters. The van der Waals surface area contributed by atoms with Gasteiger partial charge in [0.2, 0.25) is 0 Å². The average molecular weight is 256 g/mol. The topological polar surface area (TPSA) is 20.2 Å². The van der Waals surface area contributed by atoms with E-state index in [0.717, 1.165) is 11.1 Å². The molecule has 0 heterocycles. The minimum absolute atomic E-state index is 0.626. The molecule has 19 heavy (non-hydrogen) atoms. The highest BCUT2D eigenvalue weighted by molar-refractivity contribution is 5.35. The summed E-state index contributed by atoms with van der Waals surface area (Å²) in [6.07, 6.45) is 0. The first-order valence-corrected chi connectivity index (χ1v) is 6.56. The standard InChI is InChI=1S/C17H22NO/c1-18(2,3)14-17(19,15-10-6-4-7-11-15)16-12-8-5-9-13-16/h4-13,19H,14H2,1-3H3/q+1. The zero-order chi connectivity index (χ0) is 13.9. The molecule has 0 fully saturated rings. The molecule has 2 aromatic carbocycles. The molecule has 0 aliphatic carbocycles. The lowest BCUT2D eigenvalue weighted by atomic mass is 9.85. The van der Waals surface area contributed by atoms with Crippen molar-refractivity contribution in [2.45, 2.75) is 5.60 Å². The Morgan fingerprint density at radius 3 is 1.47 bits per heavy atom. The maximum absolute atomic E-state index is 11.3. The van der Waals surface area contributed by atoms with Gasteiger partial charge >= 0.3 is 0 Å². The van der Waals surface area contributed by atoms with Gasteiger partial charge in [-0.1, -0.05) is 60.7 Å². The van der Waals surface area contributed by atoms with Crippen molar-refractivity contribution in [3.8, 4) is 0 Å². The molecular weight excluding hydrogens is 234 g/mol. The van der Waals surface area contributed by atoms with Crippen molar-refractivity contribution in [3.63, 3.8) is 0 Å². The molecular formula is C17H22NO+. The quantitative estimate of drug-likeness (QED) is 0.834. The van der Waals surface area contributed by atoms with Gasteiger partial charge in [-0.05, 0) is 11.1 Å². The summed E-state index contributed by atoms with van der Waals surface area (Å²) in [6.45, 7) is 0.626. The second-order valence-corrected chi connectivity index (χ2v) is 6.04. The van der Waals surface area contributed by atoms with Gasteiger partial charge in [-0.3, -0.25) is 0 Å². The number of aliphatic hydroxyl groups is 1. The van der Waals surface area contributed by atoms with Crippen molar-refractivity contribution in [1.29, 1.82) is 0 Å². The molecule has 0 atom stereocenters. The lowest BCUT2D eigenvalue weighted by molar-refractivity contribution is -0.877. The van der Waals surface area contributed by atoms with Crippen molar-refractivity contribution < 1.29 is 9.59 Å². The van der Waals surface area contributed by atoms with E-state index in [9.17, 15) is 5.11 Å². The van der Waals surface area contributed by atoms with Crippen LogP contribution in [0, 0.1) is 0 Å². The first-order valence-electron chi connectivity index (χ1n) is 6.56. The molecule has 0 radical (unpaired) electrons. The van der Waals surface area contributed by atoms with Crippen molar-refractivity contribution in [2.75, 3.05) is 27.7 Å². The fourth-order valence-electron chi connectivity index (χ4n) is 2.46. The average Bonchev–Trinajstić information content (AvgIpc) is 2.39. The molecule has 2 rings (SSSR count). The van der Waals surface area contributed by atoms with E-state index >= 15 is 0 Å². The van der Waals surface area contributed by atoms with Crippen LogP contribution in [0.15, 0.2) is 60.7 Å². The van der Waals surface area contributed by atoms with Crippen LogP contribution in [0.3, 0.4) is 0 Å². The van der Waals surface area contributed by atoms with E-state index in [1.807, 2.05) is 60.7 Å². The summed E-state index contributed by atoms with van der Waals surface area (Å²) < 4.78 is 0.695. The second kappa shape index (κ2) is 5.16. The smallest absolute Gasteiger partial charge is 0.163 e. The highest BCUT2D eigenvalue weighted by Crippen LogP contribution is 2.31. The van der Waals surface area contributed by atoms with Gasteiger partial charge in [-0.25, -0.2) is 0 Å². The highest BCUT2D eigenvalue weighted by Gasteiger charge is 2.37. The van der Waals surface area contributed by atoms with Gasteiger partial charge in [0.25, 0.3) is 0 Å². The number of hydrogen-bond donors (Lipinski definition) is 1. The molecule has 0 amide bonds. The van der Waals surface area contributed by atoms with Crippen molar-refractivity contribution in [3.05, 3.63) is 71.8 Å². The molecule has 100 valence electrons. The summed E-state index contributed by atoms with van der Waals surface area (Å²) in [6, 6.07) is 19.8. The largest absolute Gasteiger partial charge is 0.375 e. The Kier molecular flexibility index (Phi) is 3.74. The molecule has 1 N–H and O–H groups in total. The van der Waals surface area contributed by atoms with Crippen molar-refractivity contribution in [2.24, 2.45) is 0 Å². The third-order valence-corrected chi connectivity index (χ3v) is 3.21. The molecule has 0 spiro atoms. The zero-order valence-corrected chi connectivity index (χ0v) is 11.9. The maximum atomic E-state index is 11.3. The lowest BCUT2D eigenvalue weighted by Gasteiger charge is -2.36. The van der Waals surface area contributed by atoms with E-state index in [4.69, 9.17) is 0 Å². The first-order chi connectivity index (χ1) is 8.92. The maximum Gasteiger partial charge on any atom is 0.163 e. The van der Waals surface area contributed by atoms with E-state index in [2.05, 4.69) is 21.1 Å². The normalized spacial score (nSPS) is 12.4. The minimum Gasteiger partial charge on any atom is -0.375 e. The van der Waals surface area contributed by atoms with Crippen LogP contribution < -0.4 is 0 Å². The number of likely N-dealkylation sites (N-methyl/N-ethyl adjacent to an activating group) is 1. The summed E-state index contributed by atoms with van der Waals surface area (Å²) in [4.78, 5) is 0.